The molecule has 0 spiro atoms. The lowest BCUT2D eigenvalue weighted by atomic mass is 10.2. The molecule has 2 aromatic heterocycles. The summed E-state index contributed by atoms with van der Waals surface area (Å²) in [6.07, 6.45) is 5.18. The Balaban J connectivity index is 1.59. The molecule has 3 aromatic rings. The zero-order chi connectivity index (χ0) is 19.2. The largest absolute Gasteiger partial charge is 0.308 e. The van der Waals surface area contributed by atoms with E-state index in [1.807, 2.05) is 42.5 Å². The zero-order valence-corrected chi connectivity index (χ0v) is 16.5. The van der Waals surface area contributed by atoms with Crippen molar-refractivity contribution >= 4 is 58.8 Å². The molecule has 0 aliphatic carbocycles. The van der Waals surface area contributed by atoms with E-state index in [0.717, 1.165) is 5.56 Å². The van der Waals surface area contributed by atoms with E-state index in [4.69, 9.17) is 23.2 Å². The summed E-state index contributed by atoms with van der Waals surface area (Å²) in [5.74, 6) is 0.610. The molecule has 27 heavy (non-hydrogen) atoms. The van der Waals surface area contributed by atoms with Crippen molar-refractivity contribution in [2.75, 3.05) is 5.32 Å². The molecular formula is C18H15Cl2N5OS. The molecule has 1 amide bonds. The highest BCUT2D eigenvalue weighted by Gasteiger charge is 2.18. The van der Waals surface area contributed by atoms with E-state index in [2.05, 4.69) is 25.5 Å². The molecule has 9 heteroatoms. The minimum Gasteiger partial charge on any atom is -0.308 e. The molecule has 0 fully saturated rings. The third-order valence-corrected chi connectivity index (χ3v) is 4.87. The van der Waals surface area contributed by atoms with Crippen LogP contribution in [-0.4, -0.2) is 31.3 Å². The molecule has 2 N–H and O–H groups in total. The van der Waals surface area contributed by atoms with Gasteiger partial charge in [-0.05, 0) is 24.6 Å². The zero-order valence-electron chi connectivity index (χ0n) is 14.2. The fourth-order valence-electron chi connectivity index (χ4n) is 2.06. The van der Waals surface area contributed by atoms with Crippen LogP contribution >= 0.6 is 35.0 Å². The number of pyridine rings is 1. The number of carbonyl (C=O) groups is 1. The topological polar surface area (TPSA) is 83.6 Å². The first-order valence-corrected chi connectivity index (χ1v) is 9.59. The maximum atomic E-state index is 12.3. The molecule has 0 saturated heterocycles. The van der Waals surface area contributed by atoms with Crippen LogP contribution in [0.1, 0.15) is 18.3 Å². The lowest BCUT2D eigenvalue weighted by molar-refractivity contribution is -0.115. The third kappa shape index (κ3) is 5.56. The van der Waals surface area contributed by atoms with Gasteiger partial charge in [-0.1, -0.05) is 71.4 Å². The third-order valence-electron chi connectivity index (χ3n) is 3.42. The van der Waals surface area contributed by atoms with Gasteiger partial charge >= 0.3 is 0 Å². The van der Waals surface area contributed by atoms with Crippen LogP contribution in [0.5, 0.6) is 0 Å². The predicted molar refractivity (Wildman–Crippen MR) is 110 cm³/mol. The minimum absolute atomic E-state index is 0.261. The first-order valence-electron chi connectivity index (χ1n) is 7.95. The molecule has 0 radical (unpaired) electrons. The van der Waals surface area contributed by atoms with E-state index in [-0.39, 0.29) is 16.7 Å². The second kappa shape index (κ2) is 9.03. The van der Waals surface area contributed by atoms with Gasteiger partial charge < -0.3 is 5.32 Å². The van der Waals surface area contributed by atoms with Gasteiger partial charge in [0.15, 0.2) is 5.82 Å². The van der Waals surface area contributed by atoms with Gasteiger partial charge in [-0.2, -0.15) is 0 Å². The van der Waals surface area contributed by atoms with Gasteiger partial charge in [0.2, 0.25) is 11.1 Å². The van der Waals surface area contributed by atoms with Gasteiger partial charge in [-0.25, -0.2) is 9.97 Å². The smallest absolute Gasteiger partial charge is 0.238 e. The highest BCUT2D eigenvalue weighted by molar-refractivity contribution is 8.00. The number of nitrogens with zero attached hydrogens (tertiary/aromatic N) is 3. The Morgan fingerprint density at radius 3 is 2.78 bits per heavy atom. The van der Waals surface area contributed by atoms with Crippen LogP contribution in [0.4, 0.5) is 5.82 Å². The van der Waals surface area contributed by atoms with Crippen molar-refractivity contribution in [3.63, 3.8) is 0 Å². The Kier molecular flexibility index (Phi) is 6.49. The number of anilines is 1. The van der Waals surface area contributed by atoms with Crippen molar-refractivity contribution in [1.29, 1.82) is 0 Å². The van der Waals surface area contributed by atoms with Crippen LogP contribution in [0.25, 0.3) is 12.2 Å². The fourth-order valence-corrected chi connectivity index (χ4v) is 3.22. The van der Waals surface area contributed by atoms with Crippen molar-refractivity contribution in [1.82, 2.24) is 20.2 Å². The number of hydrogen-bond acceptors (Lipinski definition) is 5. The SMILES string of the molecule is CC(Sc1n[nH]c(/C=C/c2ccccc2)n1)C(=O)Nc1ncc(Cl)cc1Cl. The minimum atomic E-state index is -0.444. The van der Waals surface area contributed by atoms with Gasteiger partial charge in [0.05, 0.1) is 15.3 Å². The summed E-state index contributed by atoms with van der Waals surface area (Å²) in [5.41, 5.74) is 1.06. The Labute approximate surface area is 170 Å². The van der Waals surface area contributed by atoms with E-state index >= 15 is 0 Å². The highest BCUT2D eigenvalue weighted by atomic mass is 35.5. The highest BCUT2D eigenvalue weighted by Crippen LogP contribution is 2.25. The molecule has 3 rings (SSSR count). The quantitative estimate of drug-likeness (QED) is 0.560. The number of nitrogens with one attached hydrogen (secondary N) is 2. The molecule has 2 heterocycles. The second-order valence-electron chi connectivity index (χ2n) is 5.48. The molecule has 138 valence electrons. The Bertz CT molecular complexity index is 961. The number of aromatic amines is 1. The monoisotopic (exact) mass is 419 g/mol. The fraction of sp³-hybridized carbons (Fsp3) is 0.111. The van der Waals surface area contributed by atoms with Crippen LogP contribution in [0.15, 0.2) is 47.8 Å². The average molecular weight is 420 g/mol. The maximum Gasteiger partial charge on any atom is 0.238 e. The first-order chi connectivity index (χ1) is 13.0. The van der Waals surface area contributed by atoms with Crippen LogP contribution < -0.4 is 5.32 Å². The molecular weight excluding hydrogens is 405 g/mol. The van der Waals surface area contributed by atoms with E-state index < -0.39 is 5.25 Å². The number of amides is 1. The molecule has 6 nitrogen and oxygen atoms in total. The van der Waals surface area contributed by atoms with E-state index in [1.165, 1.54) is 24.0 Å². The number of rotatable bonds is 6. The Hall–Kier alpha value is -2.35. The first kappa shape index (κ1) is 19.4. The molecule has 0 saturated carbocycles. The summed E-state index contributed by atoms with van der Waals surface area (Å²) in [6.45, 7) is 1.75. The Morgan fingerprint density at radius 1 is 1.26 bits per heavy atom. The van der Waals surface area contributed by atoms with Crippen LogP contribution in [0, 0.1) is 0 Å². The number of aromatic nitrogens is 4. The van der Waals surface area contributed by atoms with Gasteiger partial charge in [-0.3, -0.25) is 9.89 Å². The molecule has 1 atom stereocenters. The van der Waals surface area contributed by atoms with Crippen molar-refractivity contribution < 1.29 is 4.79 Å². The average Bonchev–Trinajstić information content (AvgIpc) is 3.10. The number of halogens is 2. The summed E-state index contributed by atoms with van der Waals surface area (Å²) in [4.78, 5) is 20.7. The van der Waals surface area contributed by atoms with Crippen LogP contribution in [-0.2, 0) is 4.79 Å². The molecule has 1 aromatic carbocycles. The van der Waals surface area contributed by atoms with Crippen molar-refractivity contribution in [3.05, 3.63) is 64.0 Å². The number of thioether (sulfide) groups is 1. The van der Waals surface area contributed by atoms with E-state index in [0.29, 0.717) is 16.0 Å². The lowest BCUT2D eigenvalue weighted by Crippen LogP contribution is -2.23. The number of carbonyl (C=O) groups excluding carboxylic acids is 1. The lowest BCUT2D eigenvalue weighted by Gasteiger charge is -2.10. The maximum absolute atomic E-state index is 12.3. The number of hydrogen-bond donors (Lipinski definition) is 2. The van der Waals surface area contributed by atoms with Crippen LogP contribution in [0.3, 0.4) is 0 Å². The Morgan fingerprint density at radius 2 is 2.04 bits per heavy atom. The molecule has 0 aliphatic heterocycles. The summed E-state index contributed by atoms with van der Waals surface area (Å²) >= 11 is 13.0. The van der Waals surface area contributed by atoms with Gasteiger partial charge in [-0.15, -0.1) is 5.10 Å². The van der Waals surface area contributed by atoms with Crippen molar-refractivity contribution in [2.45, 2.75) is 17.3 Å². The van der Waals surface area contributed by atoms with E-state index in [1.54, 1.807) is 6.92 Å². The van der Waals surface area contributed by atoms with Gasteiger partial charge in [0.1, 0.15) is 5.82 Å². The van der Waals surface area contributed by atoms with Crippen molar-refractivity contribution in [3.8, 4) is 0 Å². The molecule has 1 unspecified atom stereocenters. The predicted octanol–water partition coefficient (Wildman–Crippen LogP) is 4.80. The summed E-state index contributed by atoms with van der Waals surface area (Å²) < 4.78 is 0. The van der Waals surface area contributed by atoms with Crippen molar-refractivity contribution in [2.24, 2.45) is 0 Å². The number of benzene rings is 1. The van der Waals surface area contributed by atoms with Crippen LogP contribution in [0.2, 0.25) is 10.0 Å². The standard InChI is InChI=1S/C18H15Cl2N5OS/c1-11(17(26)23-16-14(20)9-13(19)10-21-16)27-18-22-15(24-25-18)8-7-12-5-3-2-4-6-12/h2-11H,1H3,(H,21,23,26)(H,22,24,25)/b8-7+. The van der Waals surface area contributed by atoms with E-state index in [9.17, 15) is 4.79 Å². The summed E-state index contributed by atoms with van der Waals surface area (Å²) in [6, 6.07) is 11.4. The van der Waals surface area contributed by atoms with Gasteiger partial charge in [0, 0.05) is 6.20 Å². The normalized spacial score (nSPS) is 12.3. The molecule has 0 aliphatic rings. The summed E-state index contributed by atoms with van der Waals surface area (Å²) in [5, 5.41) is 10.3. The second-order valence-corrected chi connectivity index (χ2v) is 7.63. The summed E-state index contributed by atoms with van der Waals surface area (Å²) in [7, 11) is 0. The van der Waals surface area contributed by atoms with Gasteiger partial charge in [0.25, 0.3) is 0 Å². The number of H-pyrrole nitrogens is 1. The molecule has 0 bridgehead atoms.